The standard InChI is InChI=1S/C11H16N2S/c1-7(6-12)13-9(3)11-5-8(2)14-10(11)4/h5,7,9,13H,1-4H3. The van der Waals surface area contributed by atoms with Crippen molar-refractivity contribution in [3.05, 3.63) is 21.4 Å². The van der Waals surface area contributed by atoms with Crippen molar-refractivity contribution in [3.63, 3.8) is 0 Å². The van der Waals surface area contributed by atoms with Gasteiger partial charge in [0.1, 0.15) is 0 Å². The monoisotopic (exact) mass is 208 g/mol. The average molecular weight is 208 g/mol. The Labute approximate surface area is 89.6 Å². The lowest BCUT2D eigenvalue weighted by Crippen LogP contribution is -2.27. The number of nitriles is 1. The molecule has 0 radical (unpaired) electrons. The predicted molar refractivity (Wildman–Crippen MR) is 60.4 cm³/mol. The maximum absolute atomic E-state index is 8.70. The summed E-state index contributed by atoms with van der Waals surface area (Å²) in [5, 5.41) is 11.9. The van der Waals surface area contributed by atoms with Gasteiger partial charge in [0.2, 0.25) is 0 Å². The van der Waals surface area contributed by atoms with Gasteiger partial charge in [0, 0.05) is 15.8 Å². The molecule has 1 heterocycles. The highest BCUT2D eigenvalue weighted by molar-refractivity contribution is 7.12. The van der Waals surface area contributed by atoms with Gasteiger partial charge in [0.25, 0.3) is 0 Å². The van der Waals surface area contributed by atoms with Gasteiger partial charge in [-0.05, 0) is 39.3 Å². The van der Waals surface area contributed by atoms with E-state index in [0.717, 1.165) is 0 Å². The maximum Gasteiger partial charge on any atom is 0.0929 e. The molecule has 0 aromatic carbocycles. The molecule has 14 heavy (non-hydrogen) atoms. The van der Waals surface area contributed by atoms with Crippen LogP contribution in [0.15, 0.2) is 6.07 Å². The molecule has 76 valence electrons. The number of thiophene rings is 1. The molecular formula is C11H16N2S. The largest absolute Gasteiger partial charge is 0.295 e. The Bertz CT molecular complexity index is 349. The van der Waals surface area contributed by atoms with Crippen LogP contribution in [-0.2, 0) is 0 Å². The third kappa shape index (κ3) is 2.57. The fourth-order valence-corrected chi connectivity index (χ4v) is 2.60. The van der Waals surface area contributed by atoms with Crippen molar-refractivity contribution in [3.8, 4) is 6.07 Å². The second kappa shape index (κ2) is 4.59. The van der Waals surface area contributed by atoms with Crippen molar-refractivity contribution in [1.82, 2.24) is 5.32 Å². The molecule has 2 unspecified atom stereocenters. The van der Waals surface area contributed by atoms with Crippen LogP contribution in [0.1, 0.15) is 35.2 Å². The van der Waals surface area contributed by atoms with Crippen molar-refractivity contribution in [2.45, 2.75) is 39.8 Å². The van der Waals surface area contributed by atoms with E-state index in [1.54, 1.807) is 0 Å². The summed E-state index contributed by atoms with van der Waals surface area (Å²) in [4.78, 5) is 2.67. The fourth-order valence-electron chi connectivity index (χ4n) is 1.58. The Morgan fingerprint density at radius 3 is 2.50 bits per heavy atom. The molecule has 0 bridgehead atoms. The van der Waals surface area contributed by atoms with E-state index in [2.05, 4.69) is 38.2 Å². The number of rotatable bonds is 3. The summed E-state index contributed by atoms with van der Waals surface area (Å²) in [6.07, 6.45) is 0. The van der Waals surface area contributed by atoms with E-state index in [4.69, 9.17) is 5.26 Å². The summed E-state index contributed by atoms with van der Waals surface area (Å²) in [6, 6.07) is 4.55. The van der Waals surface area contributed by atoms with Crippen LogP contribution in [0, 0.1) is 25.2 Å². The SMILES string of the molecule is Cc1cc(C(C)NC(C)C#N)c(C)s1. The first kappa shape index (κ1) is 11.2. The molecule has 1 N–H and O–H groups in total. The first-order chi connectivity index (χ1) is 6.54. The minimum Gasteiger partial charge on any atom is -0.295 e. The second-order valence-electron chi connectivity index (χ2n) is 3.61. The molecule has 0 spiro atoms. The zero-order valence-corrected chi connectivity index (χ0v) is 9.90. The van der Waals surface area contributed by atoms with Gasteiger partial charge < -0.3 is 0 Å². The molecule has 0 aliphatic carbocycles. The fraction of sp³-hybridized carbons (Fsp3) is 0.545. The molecule has 1 aromatic rings. The highest BCUT2D eigenvalue weighted by Gasteiger charge is 2.12. The topological polar surface area (TPSA) is 35.8 Å². The molecule has 0 aliphatic rings. The van der Waals surface area contributed by atoms with E-state index in [-0.39, 0.29) is 12.1 Å². The molecule has 3 heteroatoms. The smallest absolute Gasteiger partial charge is 0.0929 e. The van der Waals surface area contributed by atoms with Crippen molar-refractivity contribution >= 4 is 11.3 Å². The first-order valence-corrected chi connectivity index (χ1v) is 5.59. The van der Waals surface area contributed by atoms with Crippen molar-refractivity contribution in [2.24, 2.45) is 0 Å². The molecule has 1 aromatic heterocycles. The van der Waals surface area contributed by atoms with Gasteiger partial charge in [-0.15, -0.1) is 11.3 Å². The van der Waals surface area contributed by atoms with Crippen LogP contribution in [0.25, 0.3) is 0 Å². The third-order valence-corrected chi connectivity index (χ3v) is 3.22. The number of nitrogens with one attached hydrogen (secondary N) is 1. The van der Waals surface area contributed by atoms with Crippen LogP contribution in [0.5, 0.6) is 0 Å². The number of hydrogen-bond acceptors (Lipinski definition) is 3. The zero-order valence-electron chi connectivity index (χ0n) is 9.09. The lowest BCUT2D eigenvalue weighted by atomic mass is 10.1. The number of hydrogen-bond donors (Lipinski definition) is 1. The normalized spacial score (nSPS) is 14.8. The minimum absolute atomic E-state index is 0.0930. The van der Waals surface area contributed by atoms with Crippen molar-refractivity contribution in [1.29, 1.82) is 5.26 Å². The molecule has 0 saturated heterocycles. The summed E-state index contributed by atoms with van der Waals surface area (Å²) in [5.41, 5.74) is 1.31. The molecule has 0 aliphatic heterocycles. The van der Waals surface area contributed by atoms with Gasteiger partial charge in [-0.2, -0.15) is 5.26 Å². The van der Waals surface area contributed by atoms with Crippen LogP contribution in [-0.4, -0.2) is 6.04 Å². The van der Waals surface area contributed by atoms with Gasteiger partial charge >= 0.3 is 0 Å². The Hall–Kier alpha value is -0.850. The van der Waals surface area contributed by atoms with Crippen molar-refractivity contribution in [2.75, 3.05) is 0 Å². The number of aryl methyl sites for hydroxylation is 2. The van der Waals surface area contributed by atoms with Gasteiger partial charge in [0.05, 0.1) is 12.1 Å². The van der Waals surface area contributed by atoms with Crippen LogP contribution < -0.4 is 5.32 Å². The van der Waals surface area contributed by atoms with Gasteiger partial charge in [-0.25, -0.2) is 0 Å². The van der Waals surface area contributed by atoms with Crippen LogP contribution in [0.2, 0.25) is 0 Å². The van der Waals surface area contributed by atoms with Crippen LogP contribution in [0.3, 0.4) is 0 Å². The Kier molecular flexibility index (Phi) is 3.68. The van der Waals surface area contributed by atoms with Gasteiger partial charge in [0.15, 0.2) is 0 Å². The number of nitrogens with zero attached hydrogens (tertiary/aromatic N) is 1. The van der Waals surface area contributed by atoms with E-state index in [9.17, 15) is 0 Å². The van der Waals surface area contributed by atoms with E-state index < -0.39 is 0 Å². The lowest BCUT2D eigenvalue weighted by Gasteiger charge is -2.15. The molecule has 2 nitrogen and oxygen atoms in total. The van der Waals surface area contributed by atoms with Crippen LogP contribution in [0.4, 0.5) is 0 Å². The summed E-state index contributed by atoms with van der Waals surface area (Å²) in [7, 11) is 0. The van der Waals surface area contributed by atoms with E-state index in [0.29, 0.717) is 0 Å². The molecule has 2 atom stereocenters. The van der Waals surface area contributed by atoms with E-state index in [1.165, 1.54) is 15.3 Å². The summed E-state index contributed by atoms with van der Waals surface area (Å²) in [6.45, 7) is 8.22. The van der Waals surface area contributed by atoms with Crippen LogP contribution >= 0.6 is 11.3 Å². The molecule has 1 rings (SSSR count). The molecule has 0 fully saturated rings. The third-order valence-electron chi connectivity index (χ3n) is 2.24. The Morgan fingerprint density at radius 1 is 1.43 bits per heavy atom. The highest BCUT2D eigenvalue weighted by atomic mass is 32.1. The molecule has 0 amide bonds. The average Bonchev–Trinajstić information content (AvgIpc) is 2.45. The Balaban J connectivity index is 2.75. The summed E-state index contributed by atoms with van der Waals surface area (Å²) < 4.78 is 0. The van der Waals surface area contributed by atoms with Gasteiger partial charge in [-0.1, -0.05) is 0 Å². The summed E-state index contributed by atoms with van der Waals surface area (Å²) >= 11 is 1.81. The minimum atomic E-state index is -0.0930. The maximum atomic E-state index is 8.70. The van der Waals surface area contributed by atoms with Gasteiger partial charge in [-0.3, -0.25) is 5.32 Å². The van der Waals surface area contributed by atoms with E-state index >= 15 is 0 Å². The molecule has 0 saturated carbocycles. The first-order valence-electron chi connectivity index (χ1n) is 4.77. The molecular weight excluding hydrogens is 192 g/mol. The van der Waals surface area contributed by atoms with E-state index in [1.807, 2.05) is 18.3 Å². The summed E-state index contributed by atoms with van der Waals surface area (Å²) in [5.74, 6) is 0. The quantitative estimate of drug-likeness (QED) is 0.829. The lowest BCUT2D eigenvalue weighted by molar-refractivity contribution is 0.542. The van der Waals surface area contributed by atoms with Crippen molar-refractivity contribution < 1.29 is 0 Å². The highest BCUT2D eigenvalue weighted by Crippen LogP contribution is 2.26. The second-order valence-corrected chi connectivity index (χ2v) is 5.07. The Morgan fingerprint density at radius 2 is 2.07 bits per heavy atom. The predicted octanol–water partition coefficient (Wildman–Crippen LogP) is 2.93. The zero-order chi connectivity index (χ0) is 10.7.